The fourth-order valence-corrected chi connectivity index (χ4v) is 4.95. The molecule has 184 valence electrons. The van der Waals surface area contributed by atoms with Crippen molar-refractivity contribution in [3.63, 3.8) is 0 Å². The molecule has 0 saturated carbocycles. The largest absolute Gasteiger partial charge is 0.367 e. The molecule has 7 nitrogen and oxygen atoms in total. The molecule has 35 heavy (non-hydrogen) atoms. The Morgan fingerprint density at radius 3 is 2.23 bits per heavy atom. The average molecular weight is 493 g/mol. The van der Waals surface area contributed by atoms with E-state index in [0.717, 1.165) is 11.1 Å². The van der Waals surface area contributed by atoms with E-state index in [1.807, 2.05) is 77.1 Å². The summed E-state index contributed by atoms with van der Waals surface area (Å²) in [6.45, 7) is 9.55. The predicted molar refractivity (Wildman–Crippen MR) is 140 cm³/mol. The standard InChI is InChI=1S/C27H32N4O3S/c1-18-9-11-20(12-10-18)27(24(28)34,26(3,4)5)31(21-8-6-7-19(2)17-21)23(33)14-13-22(32)30-25-29-15-16-35-25/h6-12,15-17H,13-14H2,1-5H3,(H2,28,34)(H,29,30,32). The van der Waals surface area contributed by atoms with E-state index in [9.17, 15) is 14.4 Å². The van der Waals surface area contributed by atoms with Gasteiger partial charge in [0.25, 0.3) is 0 Å². The van der Waals surface area contributed by atoms with Gasteiger partial charge in [-0.15, -0.1) is 11.3 Å². The first-order valence-corrected chi connectivity index (χ1v) is 12.3. The highest BCUT2D eigenvalue weighted by Gasteiger charge is 2.55. The molecule has 1 atom stereocenters. The number of hydrogen-bond donors (Lipinski definition) is 2. The van der Waals surface area contributed by atoms with Crippen LogP contribution in [0.2, 0.25) is 0 Å². The van der Waals surface area contributed by atoms with Gasteiger partial charge in [-0.3, -0.25) is 19.3 Å². The third-order valence-corrected chi connectivity index (χ3v) is 6.69. The lowest BCUT2D eigenvalue weighted by molar-refractivity contribution is -0.133. The minimum absolute atomic E-state index is 0.0619. The Morgan fingerprint density at radius 1 is 1.00 bits per heavy atom. The lowest BCUT2D eigenvalue weighted by Gasteiger charge is -2.50. The SMILES string of the molecule is Cc1ccc(C(C(N)=O)(N(C(=O)CCC(=O)Nc2nccs2)c2cccc(C)c2)C(C)(C)C)cc1. The van der Waals surface area contributed by atoms with Crippen LogP contribution in [0, 0.1) is 19.3 Å². The smallest absolute Gasteiger partial charge is 0.248 e. The summed E-state index contributed by atoms with van der Waals surface area (Å²) in [7, 11) is 0. The van der Waals surface area contributed by atoms with Gasteiger partial charge >= 0.3 is 0 Å². The summed E-state index contributed by atoms with van der Waals surface area (Å²) < 4.78 is 0. The lowest BCUT2D eigenvalue weighted by Crippen LogP contribution is -2.64. The van der Waals surface area contributed by atoms with E-state index in [1.165, 1.54) is 16.2 Å². The van der Waals surface area contributed by atoms with Gasteiger partial charge in [0.1, 0.15) is 0 Å². The van der Waals surface area contributed by atoms with Crippen molar-refractivity contribution in [2.45, 2.75) is 53.0 Å². The van der Waals surface area contributed by atoms with Gasteiger partial charge in [0.05, 0.1) is 0 Å². The number of carbonyl (C=O) groups is 3. The number of aryl methyl sites for hydroxylation is 2. The van der Waals surface area contributed by atoms with E-state index in [2.05, 4.69) is 10.3 Å². The van der Waals surface area contributed by atoms with Crippen molar-refractivity contribution < 1.29 is 14.4 Å². The maximum atomic E-state index is 13.9. The van der Waals surface area contributed by atoms with Gasteiger partial charge in [-0.25, -0.2) is 4.98 Å². The van der Waals surface area contributed by atoms with Crippen LogP contribution >= 0.6 is 11.3 Å². The summed E-state index contributed by atoms with van der Waals surface area (Å²) in [6.07, 6.45) is 1.42. The molecule has 2 aromatic carbocycles. The number of anilines is 2. The quantitative estimate of drug-likeness (QED) is 0.465. The molecule has 0 radical (unpaired) electrons. The Labute approximate surface area is 210 Å². The molecule has 0 fully saturated rings. The zero-order valence-corrected chi connectivity index (χ0v) is 21.6. The van der Waals surface area contributed by atoms with Crippen molar-refractivity contribution in [3.05, 3.63) is 76.8 Å². The molecule has 0 aliphatic heterocycles. The molecular weight excluding hydrogens is 460 g/mol. The molecule has 0 bridgehead atoms. The lowest BCUT2D eigenvalue weighted by atomic mass is 9.67. The van der Waals surface area contributed by atoms with Crippen LogP contribution in [0.5, 0.6) is 0 Å². The normalized spacial score (nSPS) is 13.1. The molecule has 0 saturated heterocycles. The van der Waals surface area contributed by atoms with E-state index >= 15 is 0 Å². The molecule has 8 heteroatoms. The Hall–Kier alpha value is -3.52. The number of aromatic nitrogens is 1. The summed E-state index contributed by atoms with van der Waals surface area (Å²) in [5.41, 5.74) is 7.00. The molecule has 0 aliphatic rings. The fourth-order valence-electron chi connectivity index (χ4n) is 4.41. The fraction of sp³-hybridized carbons (Fsp3) is 0.333. The monoisotopic (exact) mass is 492 g/mol. The molecule has 0 spiro atoms. The zero-order valence-electron chi connectivity index (χ0n) is 20.8. The second-order valence-corrected chi connectivity index (χ2v) is 10.5. The number of rotatable bonds is 8. The first-order valence-electron chi connectivity index (χ1n) is 11.4. The summed E-state index contributed by atoms with van der Waals surface area (Å²) >= 11 is 1.30. The highest BCUT2D eigenvalue weighted by atomic mass is 32.1. The van der Waals surface area contributed by atoms with Crippen molar-refractivity contribution >= 4 is 39.9 Å². The minimum atomic E-state index is -1.50. The van der Waals surface area contributed by atoms with E-state index in [-0.39, 0.29) is 24.7 Å². The Balaban J connectivity index is 2.11. The molecule has 0 aliphatic carbocycles. The topological polar surface area (TPSA) is 105 Å². The van der Waals surface area contributed by atoms with Crippen LogP contribution in [-0.4, -0.2) is 22.7 Å². The van der Waals surface area contributed by atoms with Crippen LogP contribution in [0.4, 0.5) is 10.8 Å². The van der Waals surface area contributed by atoms with Crippen molar-refractivity contribution in [3.8, 4) is 0 Å². The first-order chi connectivity index (χ1) is 16.5. The predicted octanol–water partition coefficient (Wildman–Crippen LogP) is 4.94. The highest BCUT2D eigenvalue weighted by molar-refractivity contribution is 7.13. The second-order valence-electron chi connectivity index (χ2n) is 9.64. The molecule has 1 heterocycles. The van der Waals surface area contributed by atoms with E-state index in [0.29, 0.717) is 16.4 Å². The third kappa shape index (κ3) is 5.43. The van der Waals surface area contributed by atoms with Gasteiger partial charge in [0.2, 0.25) is 17.7 Å². The maximum Gasteiger partial charge on any atom is 0.248 e. The van der Waals surface area contributed by atoms with Crippen LogP contribution in [0.3, 0.4) is 0 Å². The van der Waals surface area contributed by atoms with E-state index in [1.54, 1.807) is 17.6 Å². The number of nitrogens with zero attached hydrogens (tertiary/aromatic N) is 2. The first kappa shape index (κ1) is 26.1. The molecular formula is C27H32N4O3S. The molecule has 1 unspecified atom stereocenters. The molecule has 3 amide bonds. The Morgan fingerprint density at radius 2 is 1.69 bits per heavy atom. The highest BCUT2D eigenvalue weighted by Crippen LogP contribution is 2.47. The summed E-state index contributed by atoms with van der Waals surface area (Å²) in [5, 5.41) is 4.93. The van der Waals surface area contributed by atoms with Gasteiger partial charge in [-0.05, 0) is 42.5 Å². The molecule has 1 aromatic heterocycles. The van der Waals surface area contributed by atoms with Crippen molar-refractivity contribution in [1.29, 1.82) is 0 Å². The number of benzene rings is 2. The number of thiazole rings is 1. The van der Waals surface area contributed by atoms with Crippen LogP contribution < -0.4 is 16.0 Å². The van der Waals surface area contributed by atoms with Crippen molar-refractivity contribution in [2.24, 2.45) is 11.1 Å². The van der Waals surface area contributed by atoms with Gasteiger partial charge in [0.15, 0.2) is 10.7 Å². The third-order valence-electron chi connectivity index (χ3n) is 6.00. The van der Waals surface area contributed by atoms with Crippen molar-refractivity contribution in [2.75, 3.05) is 10.2 Å². The Bertz CT molecular complexity index is 1200. The van der Waals surface area contributed by atoms with Gasteiger partial charge in [-0.2, -0.15) is 0 Å². The van der Waals surface area contributed by atoms with Gasteiger partial charge in [0, 0.05) is 30.1 Å². The summed E-state index contributed by atoms with van der Waals surface area (Å²) in [6, 6.07) is 14.9. The van der Waals surface area contributed by atoms with Crippen LogP contribution in [0.1, 0.15) is 50.3 Å². The number of carbonyl (C=O) groups excluding carboxylic acids is 3. The number of nitrogens with one attached hydrogen (secondary N) is 1. The summed E-state index contributed by atoms with van der Waals surface area (Å²) in [5.74, 6) is -1.34. The number of primary amides is 1. The number of hydrogen-bond acceptors (Lipinski definition) is 5. The second kappa shape index (κ2) is 10.4. The maximum absolute atomic E-state index is 13.9. The van der Waals surface area contributed by atoms with Crippen LogP contribution in [0.25, 0.3) is 0 Å². The number of nitrogens with two attached hydrogens (primary N) is 1. The van der Waals surface area contributed by atoms with Crippen molar-refractivity contribution in [1.82, 2.24) is 4.98 Å². The average Bonchev–Trinajstić information content (AvgIpc) is 3.28. The molecule has 3 N–H and O–H groups in total. The summed E-state index contributed by atoms with van der Waals surface area (Å²) in [4.78, 5) is 45.4. The van der Waals surface area contributed by atoms with Crippen LogP contribution in [-0.2, 0) is 19.9 Å². The van der Waals surface area contributed by atoms with Crippen LogP contribution in [0.15, 0.2) is 60.1 Å². The van der Waals surface area contributed by atoms with E-state index in [4.69, 9.17) is 5.73 Å². The minimum Gasteiger partial charge on any atom is -0.367 e. The number of amides is 3. The molecule has 3 aromatic rings. The zero-order chi connectivity index (χ0) is 25.8. The molecule has 3 rings (SSSR count). The van der Waals surface area contributed by atoms with Gasteiger partial charge in [-0.1, -0.05) is 62.7 Å². The van der Waals surface area contributed by atoms with Gasteiger partial charge < -0.3 is 11.1 Å². The Kier molecular flexibility index (Phi) is 7.75. The van der Waals surface area contributed by atoms with E-state index < -0.39 is 16.9 Å².